The molecule has 0 rings (SSSR count). The van der Waals surface area contributed by atoms with Crippen LogP contribution in [-0.2, 0) is 4.74 Å². The first-order valence-corrected chi connectivity index (χ1v) is 3.99. The third kappa shape index (κ3) is 11.5. The maximum atomic E-state index is 5.18. The Kier molecular flexibility index (Phi) is 16.5. The molecule has 0 saturated carbocycles. The standard InChI is InChI=1S/C8H18O.Mg.2H/c1-3-5-6-7-8-9-4-2;;;/h3-8H2,1-2H3;;;/q;+2;2*-1. The molecule has 0 aliphatic carbocycles. The van der Waals surface area contributed by atoms with Crippen LogP contribution in [0.25, 0.3) is 0 Å². The molecule has 0 aliphatic heterocycles. The summed E-state index contributed by atoms with van der Waals surface area (Å²) in [5.74, 6) is 0. The SMILES string of the molecule is CCCCCCOCC.[H-].[H-].[Mg+2]. The predicted octanol–water partition coefficient (Wildman–Crippen LogP) is 2.45. The van der Waals surface area contributed by atoms with Crippen LogP contribution in [0.3, 0.4) is 0 Å². The molecule has 0 unspecified atom stereocenters. The maximum absolute atomic E-state index is 5.18. The monoisotopic (exact) mass is 156 g/mol. The van der Waals surface area contributed by atoms with Crippen LogP contribution in [0.4, 0.5) is 0 Å². The summed E-state index contributed by atoms with van der Waals surface area (Å²) in [7, 11) is 0. The minimum absolute atomic E-state index is 0. The second-order valence-corrected chi connectivity index (χ2v) is 2.26. The van der Waals surface area contributed by atoms with Gasteiger partial charge in [0, 0.05) is 13.2 Å². The van der Waals surface area contributed by atoms with Gasteiger partial charge in [0.2, 0.25) is 0 Å². The van der Waals surface area contributed by atoms with E-state index in [1.165, 1.54) is 25.7 Å². The van der Waals surface area contributed by atoms with Crippen LogP contribution in [0.5, 0.6) is 0 Å². The summed E-state index contributed by atoms with van der Waals surface area (Å²) in [4.78, 5) is 0. The van der Waals surface area contributed by atoms with Gasteiger partial charge in [0.15, 0.2) is 0 Å². The molecule has 0 aromatic carbocycles. The van der Waals surface area contributed by atoms with Crippen molar-refractivity contribution in [3.8, 4) is 0 Å². The zero-order chi connectivity index (χ0) is 6.95. The van der Waals surface area contributed by atoms with Crippen LogP contribution in [-0.4, -0.2) is 36.3 Å². The van der Waals surface area contributed by atoms with Crippen LogP contribution >= 0.6 is 0 Å². The van der Waals surface area contributed by atoms with Crippen molar-refractivity contribution < 1.29 is 7.59 Å². The second-order valence-electron chi connectivity index (χ2n) is 2.26. The Balaban J connectivity index is -0.000000107. The molecule has 0 amide bonds. The van der Waals surface area contributed by atoms with E-state index in [0.29, 0.717) is 0 Å². The summed E-state index contributed by atoms with van der Waals surface area (Å²) in [6.45, 7) is 6.09. The van der Waals surface area contributed by atoms with Gasteiger partial charge in [-0.05, 0) is 13.3 Å². The van der Waals surface area contributed by atoms with Gasteiger partial charge in [0.1, 0.15) is 0 Å². The molecule has 0 heterocycles. The Morgan fingerprint density at radius 1 is 1.10 bits per heavy atom. The van der Waals surface area contributed by atoms with Crippen LogP contribution in [0, 0.1) is 0 Å². The molecule has 2 heteroatoms. The number of hydrogen-bond acceptors (Lipinski definition) is 1. The largest absolute Gasteiger partial charge is 2.00 e. The average molecular weight is 157 g/mol. The molecule has 10 heavy (non-hydrogen) atoms. The van der Waals surface area contributed by atoms with Crippen LogP contribution in [0.2, 0.25) is 0 Å². The molecule has 0 saturated heterocycles. The fourth-order valence-corrected chi connectivity index (χ4v) is 0.775. The zero-order valence-corrected chi connectivity index (χ0v) is 8.77. The molecule has 0 bridgehead atoms. The molecular weight excluding hydrogens is 136 g/mol. The number of hydrogen-bond donors (Lipinski definition) is 0. The molecule has 60 valence electrons. The van der Waals surface area contributed by atoms with Crippen molar-refractivity contribution >= 4 is 23.1 Å². The van der Waals surface area contributed by atoms with Gasteiger partial charge in [-0.25, -0.2) is 0 Å². The van der Waals surface area contributed by atoms with Crippen LogP contribution < -0.4 is 0 Å². The molecule has 0 aliphatic rings. The molecule has 0 radical (unpaired) electrons. The second kappa shape index (κ2) is 12.4. The molecule has 0 spiro atoms. The van der Waals surface area contributed by atoms with E-state index < -0.39 is 0 Å². The number of unbranched alkanes of at least 4 members (excludes halogenated alkanes) is 3. The van der Waals surface area contributed by atoms with Gasteiger partial charge in [0.05, 0.1) is 0 Å². The first kappa shape index (κ1) is 13.3. The topological polar surface area (TPSA) is 9.23 Å². The molecule has 0 aromatic heterocycles. The normalized spacial score (nSPS) is 9.00. The van der Waals surface area contributed by atoms with Crippen molar-refractivity contribution in [2.75, 3.05) is 13.2 Å². The number of rotatable bonds is 6. The summed E-state index contributed by atoms with van der Waals surface area (Å²) in [5.41, 5.74) is 0. The van der Waals surface area contributed by atoms with Gasteiger partial charge >= 0.3 is 23.1 Å². The van der Waals surface area contributed by atoms with Gasteiger partial charge in [-0.15, -0.1) is 0 Å². The van der Waals surface area contributed by atoms with Crippen LogP contribution in [0.1, 0.15) is 42.4 Å². The Labute approximate surface area is 83.6 Å². The Morgan fingerprint density at radius 3 is 2.30 bits per heavy atom. The molecule has 0 aromatic rings. The van der Waals surface area contributed by atoms with Crippen molar-refractivity contribution in [1.29, 1.82) is 0 Å². The van der Waals surface area contributed by atoms with E-state index >= 15 is 0 Å². The first-order valence-electron chi connectivity index (χ1n) is 3.99. The summed E-state index contributed by atoms with van der Waals surface area (Å²) in [5, 5.41) is 0. The Hall–Kier alpha value is 0.726. The van der Waals surface area contributed by atoms with Gasteiger partial charge in [-0.1, -0.05) is 26.2 Å². The van der Waals surface area contributed by atoms with Crippen molar-refractivity contribution in [3.63, 3.8) is 0 Å². The average Bonchev–Trinajstić information content (AvgIpc) is 1.89. The molecule has 1 nitrogen and oxygen atoms in total. The third-order valence-corrected chi connectivity index (χ3v) is 1.35. The maximum Gasteiger partial charge on any atom is 2.00 e. The minimum Gasteiger partial charge on any atom is -1.00 e. The van der Waals surface area contributed by atoms with Crippen LogP contribution in [0.15, 0.2) is 0 Å². The molecule has 0 fully saturated rings. The van der Waals surface area contributed by atoms with E-state index in [4.69, 9.17) is 4.74 Å². The van der Waals surface area contributed by atoms with Crippen molar-refractivity contribution in [3.05, 3.63) is 0 Å². The van der Waals surface area contributed by atoms with E-state index in [1.54, 1.807) is 0 Å². The van der Waals surface area contributed by atoms with Crippen molar-refractivity contribution in [1.82, 2.24) is 0 Å². The summed E-state index contributed by atoms with van der Waals surface area (Å²) in [6, 6.07) is 0. The van der Waals surface area contributed by atoms with Gasteiger partial charge < -0.3 is 7.59 Å². The van der Waals surface area contributed by atoms with Crippen molar-refractivity contribution in [2.24, 2.45) is 0 Å². The fraction of sp³-hybridized carbons (Fsp3) is 1.00. The van der Waals surface area contributed by atoms with E-state index in [-0.39, 0.29) is 25.9 Å². The summed E-state index contributed by atoms with van der Waals surface area (Å²) in [6.07, 6.45) is 5.23. The van der Waals surface area contributed by atoms with Gasteiger partial charge in [0.25, 0.3) is 0 Å². The molecule has 0 N–H and O–H groups in total. The van der Waals surface area contributed by atoms with E-state index in [9.17, 15) is 0 Å². The smallest absolute Gasteiger partial charge is 1.00 e. The Bertz CT molecular complexity index is 50.3. The number of ether oxygens (including phenoxy) is 1. The minimum atomic E-state index is 0. The molecular formula is C8H20MgO. The molecule has 0 atom stereocenters. The van der Waals surface area contributed by atoms with Gasteiger partial charge in [-0.2, -0.15) is 0 Å². The Morgan fingerprint density at radius 2 is 1.80 bits per heavy atom. The van der Waals surface area contributed by atoms with E-state index in [2.05, 4.69) is 6.92 Å². The van der Waals surface area contributed by atoms with Gasteiger partial charge in [-0.3, -0.25) is 0 Å². The predicted molar refractivity (Wildman–Crippen MR) is 48.6 cm³/mol. The van der Waals surface area contributed by atoms with Crippen molar-refractivity contribution in [2.45, 2.75) is 39.5 Å². The van der Waals surface area contributed by atoms with E-state index in [1.807, 2.05) is 6.92 Å². The zero-order valence-electron chi connectivity index (χ0n) is 9.36. The van der Waals surface area contributed by atoms with E-state index in [0.717, 1.165) is 13.2 Å². The third-order valence-electron chi connectivity index (χ3n) is 1.35. The fourth-order valence-electron chi connectivity index (χ4n) is 0.775. The first-order chi connectivity index (χ1) is 4.41. The summed E-state index contributed by atoms with van der Waals surface area (Å²) < 4.78 is 5.18. The summed E-state index contributed by atoms with van der Waals surface area (Å²) >= 11 is 0. The quantitative estimate of drug-likeness (QED) is 0.424.